The van der Waals surface area contributed by atoms with Crippen LogP contribution in [0, 0.1) is 5.92 Å². The molecule has 0 bridgehead atoms. The van der Waals surface area contributed by atoms with E-state index in [1.165, 1.54) is 16.4 Å². The van der Waals surface area contributed by atoms with Crippen molar-refractivity contribution in [1.82, 2.24) is 14.2 Å². The van der Waals surface area contributed by atoms with Crippen LogP contribution in [0.3, 0.4) is 0 Å². The minimum absolute atomic E-state index is 0.164. The zero-order valence-corrected chi connectivity index (χ0v) is 12.4. The van der Waals surface area contributed by atoms with Crippen molar-refractivity contribution in [3.8, 4) is 0 Å². The standard InChI is InChI=1S/C11H16BrN3OS/c1-14(2)11(16)8-3-4-15(6-8)7-10-9(12)5-13-17-10/h5,8H,3-4,6-7H2,1-2H3. The third-order valence-corrected chi connectivity index (χ3v) is 4.75. The van der Waals surface area contributed by atoms with E-state index < -0.39 is 0 Å². The predicted octanol–water partition coefficient (Wildman–Crippen LogP) is 1.82. The summed E-state index contributed by atoms with van der Waals surface area (Å²) in [5.41, 5.74) is 0. The van der Waals surface area contributed by atoms with Gasteiger partial charge in [0.25, 0.3) is 0 Å². The molecule has 1 aromatic heterocycles. The van der Waals surface area contributed by atoms with Crippen LogP contribution in [0.25, 0.3) is 0 Å². The Hall–Kier alpha value is -0.460. The smallest absolute Gasteiger partial charge is 0.226 e. The molecule has 1 aromatic rings. The van der Waals surface area contributed by atoms with Gasteiger partial charge in [0.1, 0.15) is 0 Å². The molecular weight excluding hydrogens is 302 g/mol. The lowest BCUT2D eigenvalue weighted by molar-refractivity contribution is -0.132. The Labute approximate surface area is 114 Å². The molecule has 0 spiro atoms. The molecule has 0 N–H and O–H groups in total. The molecule has 1 amide bonds. The van der Waals surface area contributed by atoms with Gasteiger partial charge in [0.05, 0.1) is 21.5 Å². The lowest BCUT2D eigenvalue weighted by Crippen LogP contribution is -2.31. The lowest BCUT2D eigenvalue weighted by atomic mass is 10.1. The first-order valence-corrected chi connectivity index (χ1v) is 7.17. The average Bonchev–Trinajstić information content (AvgIpc) is 2.88. The topological polar surface area (TPSA) is 36.4 Å². The molecule has 2 heterocycles. The number of nitrogens with zero attached hydrogens (tertiary/aromatic N) is 3. The number of hydrogen-bond acceptors (Lipinski definition) is 4. The number of likely N-dealkylation sites (tertiary alicyclic amines) is 1. The summed E-state index contributed by atoms with van der Waals surface area (Å²) in [6, 6.07) is 0. The van der Waals surface area contributed by atoms with Crippen molar-refractivity contribution in [3.63, 3.8) is 0 Å². The lowest BCUT2D eigenvalue weighted by Gasteiger charge is -2.17. The Morgan fingerprint density at radius 3 is 3.06 bits per heavy atom. The zero-order chi connectivity index (χ0) is 12.4. The van der Waals surface area contributed by atoms with Crippen LogP contribution in [-0.2, 0) is 11.3 Å². The summed E-state index contributed by atoms with van der Waals surface area (Å²) >= 11 is 5.01. The van der Waals surface area contributed by atoms with E-state index in [1.54, 1.807) is 4.90 Å². The van der Waals surface area contributed by atoms with Gasteiger partial charge in [-0.3, -0.25) is 9.69 Å². The Kier molecular flexibility index (Phi) is 4.17. The molecule has 1 unspecified atom stereocenters. The molecular formula is C11H16BrN3OS. The van der Waals surface area contributed by atoms with Crippen LogP contribution >= 0.6 is 27.5 Å². The van der Waals surface area contributed by atoms with Gasteiger partial charge in [-0.1, -0.05) is 0 Å². The quantitative estimate of drug-likeness (QED) is 0.853. The molecule has 6 heteroatoms. The highest BCUT2D eigenvalue weighted by molar-refractivity contribution is 9.10. The highest BCUT2D eigenvalue weighted by Crippen LogP contribution is 2.25. The van der Waals surface area contributed by atoms with Gasteiger partial charge in [0, 0.05) is 27.2 Å². The second-order valence-electron chi connectivity index (χ2n) is 4.55. The minimum Gasteiger partial charge on any atom is -0.349 e. The SMILES string of the molecule is CN(C)C(=O)C1CCN(Cc2sncc2Br)C1. The van der Waals surface area contributed by atoms with E-state index in [2.05, 4.69) is 25.2 Å². The van der Waals surface area contributed by atoms with Crippen LogP contribution in [0.5, 0.6) is 0 Å². The number of carbonyl (C=O) groups is 1. The molecule has 1 aliphatic heterocycles. The van der Waals surface area contributed by atoms with Crippen molar-refractivity contribution in [2.75, 3.05) is 27.2 Å². The van der Waals surface area contributed by atoms with Gasteiger partial charge >= 0.3 is 0 Å². The van der Waals surface area contributed by atoms with Gasteiger partial charge in [-0.05, 0) is 40.4 Å². The molecule has 2 rings (SSSR count). The Morgan fingerprint density at radius 2 is 2.47 bits per heavy atom. The number of aromatic nitrogens is 1. The molecule has 0 aromatic carbocycles. The van der Waals surface area contributed by atoms with Gasteiger partial charge in [-0.2, -0.15) is 4.37 Å². The van der Waals surface area contributed by atoms with Crippen molar-refractivity contribution < 1.29 is 4.79 Å². The van der Waals surface area contributed by atoms with E-state index in [4.69, 9.17) is 0 Å². The Morgan fingerprint density at radius 1 is 1.71 bits per heavy atom. The summed E-state index contributed by atoms with van der Waals surface area (Å²) in [4.78, 5) is 17.1. The zero-order valence-electron chi connectivity index (χ0n) is 10.0. The molecule has 1 fully saturated rings. The van der Waals surface area contributed by atoms with Crippen LogP contribution < -0.4 is 0 Å². The summed E-state index contributed by atoms with van der Waals surface area (Å²) in [6.45, 7) is 2.75. The van der Waals surface area contributed by atoms with Crippen LogP contribution in [0.4, 0.5) is 0 Å². The molecule has 0 aliphatic carbocycles. The maximum atomic E-state index is 11.8. The summed E-state index contributed by atoms with van der Waals surface area (Å²) in [5, 5.41) is 0. The van der Waals surface area contributed by atoms with Crippen molar-refractivity contribution in [3.05, 3.63) is 15.5 Å². The summed E-state index contributed by atoms with van der Waals surface area (Å²) < 4.78 is 5.21. The number of halogens is 1. The number of carbonyl (C=O) groups excluding carboxylic acids is 1. The monoisotopic (exact) mass is 317 g/mol. The maximum Gasteiger partial charge on any atom is 0.226 e. The van der Waals surface area contributed by atoms with E-state index >= 15 is 0 Å². The number of rotatable bonds is 3. The van der Waals surface area contributed by atoms with Crippen LogP contribution in [-0.4, -0.2) is 47.3 Å². The van der Waals surface area contributed by atoms with Crippen molar-refractivity contribution >= 4 is 33.4 Å². The van der Waals surface area contributed by atoms with Gasteiger partial charge in [-0.15, -0.1) is 0 Å². The fourth-order valence-electron chi connectivity index (χ4n) is 2.10. The molecule has 1 atom stereocenters. The Balaban J connectivity index is 1.90. The van der Waals surface area contributed by atoms with E-state index in [0.29, 0.717) is 0 Å². The molecule has 1 aliphatic rings. The number of hydrogen-bond donors (Lipinski definition) is 0. The molecule has 4 nitrogen and oxygen atoms in total. The van der Waals surface area contributed by atoms with Gasteiger partial charge in [-0.25, -0.2) is 0 Å². The van der Waals surface area contributed by atoms with Crippen molar-refractivity contribution in [2.24, 2.45) is 5.92 Å². The highest BCUT2D eigenvalue weighted by atomic mass is 79.9. The van der Waals surface area contributed by atoms with Crippen LogP contribution in [0.1, 0.15) is 11.3 Å². The first kappa shape index (κ1) is 13.0. The third kappa shape index (κ3) is 3.05. The van der Waals surface area contributed by atoms with Gasteiger partial charge in [0.2, 0.25) is 5.91 Å². The molecule has 0 radical (unpaired) electrons. The molecule has 17 heavy (non-hydrogen) atoms. The second-order valence-corrected chi connectivity index (χ2v) is 6.29. The van der Waals surface area contributed by atoms with Gasteiger partial charge in [0.15, 0.2) is 0 Å². The highest BCUT2D eigenvalue weighted by Gasteiger charge is 2.29. The number of amides is 1. The summed E-state index contributed by atoms with van der Waals surface area (Å²) in [6.07, 6.45) is 2.80. The normalized spacial score (nSPS) is 20.8. The van der Waals surface area contributed by atoms with E-state index in [0.717, 1.165) is 30.5 Å². The summed E-state index contributed by atoms with van der Waals surface area (Å²) in [5.74, 6) is 0.410. The predicted molar refractivity (Wildman–Crippen MR) is 71.9 cm³/mol. The van der Waals surface area contributed by atoms with E-state index in [-0.39, 0.29) is 11.8 Å². The maximum absolute atomic E-state index is 11.8. The fourth-order valence-corrected chi connectivity index (χ4v) is 3.35. The van der Waals surface area contributed by atoms with Gasteiger partial charge < -0.3 is 4.90 Å². The van der Waals surface area contributed by atoms with Crippen molar-refractivity contribution in [1.29, 1.82) is 0 Å². The van der Waals surface area contributed by atoms with E-state index in [1.807, 2.05) is 20.3 Å². The fraction of sp³-hybridized carbons (Fsp3) is 0.636. The average molecular weight is 318 g/mol. The molecule has 94 valence electrons. The third-order valence-electron chi connectivity index (χ3n) is 3.02. The van der Waals surface area contributed by atoms with Crippen LogP contribution in [0.15, 0.2) is 10.7 Å². The van der Waals surface area contributed by atoms with E-state index in [9.17, 15) is 4.79 Å². The van der Waals surface area contributed by atoms with Crippen molar-refractivity contribution in [2.45, 2.75) is 13.0 Å². The largest absolute Gasteiger partial charge is 0.349 e. The first-order chi connectivity index (χ1) is 8.08. The van der Waals surface area contributed by atoms with Crippen LogP contribution in [0.2, 0.25) is 0 Å². The Bertz CT molecular complexity index is 407. The summed E-state index contributed by atoms with van der Waals surface area (Å²) in [7, 11) is 3.65. The molecule has 0 saturated carbocycles. The second kappa shape index (κ2) is 5.46. The molecule has 1 saturated heterocycles. The first-order valence-electron chi connectivity index (χ1n) is 5.60. The minimum atomic E-state index is 0.164.